The number of nitrogens with one attached hydrogen (secondary N) is 1. The minimum atomic E-state index is -0.895. The van der Waals surface area contributed by atoms with E-state index >= 15 is 0 Å². The number of hydrogen-bond acceptors (Lipinski definition) is 1. The number of fused-ring (bicyclic) bond motifs is 1. The van der Waals surface area contributed by atoms with Crippen LogP contribution in [0.25, 0.3) is 10.9 Å². The van der Waals surface area contributed by atoms with E-state index in [4.69, 9.17) is 5.11 Å². The van der Waals surface area contributed by atoms with E-state index in [0.717, 1.165) is 21.1 Å². The second-order valence-corrected chi connectivity index (χ2v) is 4.87. The van der Waals surface area contributed by atoms with Gasteiger partial charge in [0, 0.05) is 10.9 Å². The Morgan fingerprint density at radius 2 is 2.12 bits per heavy atom. The summed E-state index contributed by atoms with van der Waals surface area (Å²) in [6.45, 7) is 4.17. The number of H-pyrrole nitrogens is 1. The van der Waals surface area contributed by atoms with Gasteiger partial charge in [0.25, 0.3) is 0 Å². The van der Waals surface area contributed by atoms with Crippen LogP contribution in [-0.4, -0.2) is 16.1 Å². The SMILES string of the molecule is CC(C)c1c(Br)[nH]c2ccc(C(=O)O)cc12. The van der Waals surface area contributed by atoms with Crippen molar-refractivity contribution in [3.8, 4) is 0 Å². The molecule has 16 heavy (non-hydrogen) atoms. The van der Waals surface area contributed by atoms with Crippen LogP contribution in [0.3, 0.4) is 0 Å². The van der Waals surface area contributed by atoms with Crippen molar-refractivity contribution in [2.75, 3.05) is 0 Å². The largest absolute Gasteiger partial charge is 0.478 e. The number of hydrogen-bond donors (Lipinski definition) is 2. The highest BCUT2D eigenvalue weighted by Gasteiger charge is 2.14. The van der Waals surface area contributed by atoms with Crippen LogP contribution in [0.5, 0.6) is 0 Å². The van der Waals surface area contributed by atoms with E-state index in [1.165, 1.54) is 0 Å². The number of aromatic nitrogens is 1. The topological polar surface area (TPSA) is 53.1 Å². The molecule has 2 rings (SSSR count). The fourth-order valence-corrected chi connectivity index (χ4v) is 2.76. The molecule has 0 spiro atoms. The highest BCUT2D eigenvalue weighted by atomic mass is 79.9. The fraction of sp³-hybridized carbons (Fsp3) is 0.250. The Kier molecular flexibility index (Phi) is 2.76. The van der Waals surface area contributed by atoms with Gasteiger partial charge >= 0.3 is 5.97 Å². The first-order chi connectivity index (χ1) is 7.50. The van der Waals surface area contributed by atoms with Crippen molar-refractivity contribution < 1.29 is 9.90 Å². The Labute approximate surface area is 102 Å². The van der Waals surface area contributed by atoms with E-state index in [9.17, 15) is 4.79 Å². The van der Waals surface area contributed by atoms with Crippen LogP contribution in [-0.2, 0) is 0 Å². The van der Waals surface area contributed by atoms with E-state index < -0.39 is 5.97 Å². The first kappa shape index (κ1) is 11.2. The van der Waals surface area contributed by atoms with E-state index in [0.29, 0.717) is 11.5 Å². The molecule has 2 N–H and O–H groups in total. The molecule has 0 fully saturated rings. The van der Waals surface area contributed by atoms with Gasteiger partial charge in [0.15, 0.2) is 0 Å². The third-order valence-electron chi connectivity index (χ3n) is 2.61. The first-order valence-electron chi connectivity index (χ1n) is 5.05. The van der Waals surface area contributed by atoms with E-state index in [1.807, 2.05) is 0 Å². The van der Waals surface area contributed by atoms with Crippen molar-refractivity contribution in [3.05, 3.63) is 33.9 Å². The summed E-state index contributed by atoms with van der Waals surface area (Å²) in [5, 5.41) is 9.93. The maximum atomic E-state index is 10.9. The van der Waals surface area contributed by atoms with Crippen LogP contribution in [0.2, 0.25) is 0 Å². The average molecular weight is 282 g/mol. The molecule has 0 aliphatic carbocycles. The molecule has 1 heterocycles. The molecule has 1 aromatic carbocycles. The minimum absolute atomic E-state index is 0.320. The molecule has 0 unspecified atom stereocenters. The number of rotatable bonds is 2. The Balaban J connectivity index is 2.74. The van der Waals surface area contributed by atoms with Crippen molar-refractivity contribution in [1.29, 1.82) is 0 Å². The zero-order chi connectivity index (χ0) is 11.9. The minimum Gasteiger partial charge on any atom is -0.478 e. The lowest BCUT2D eigenvalue weighted by atomic mass is 10.0. The van der Waals surface area contributed by atoms with Gasteiger partial charge in [-0.3, -0.25) is 0 Å². The van der Waals surface area contributed by atoms with Gasteiger partial charge in [-0.2, -0.15) is 0 Å². The lowest BCUT2D eigenvalue weighted by Crippen LogP contribution is -1.95. The predicted molar refractivity (Wildman–Crippen MR) is 67.0 cm³/mol. The summed E-state index contributed by atoms with van der Waals surface area (Å²) in [7, 11) is 0. The van der Waals surface area contributed by atoms with Gasteiger partial charge in [0.1, 0.15) is 0 Å². The molecule has 0 atom stereocenters. The van der Waals surface area contributed by atoms with Crippen molar-refractivity contribution in [3.63, 3.8) is 0 Å². The standard InChI is InChI=1S/C12H12BrNO2/c1-6(2)10-8-5-7(12(15)16)3-4-9(8)14-11(10)13/h3-6,14H,1-2H3,(H,15,16). The van der Waals surface area contributed by atoms with Gasteiger partial charge in [-0.1, -0.05) is 13.8 Å². The maximum Gasteiger partial charge on any atom is 0.335 e. The molecule has 4 heteroatoms. The molecule has 1 aromatic heterocycles. The molecule has 0 amide bonds. The second kappa shape index (κ2) is 3.94. The quantitative estimate of drug-likeness (QED) is 0.881. The first-order valence-corrected chi connectivity index (χ1v) is 5.84. The fourth-order valence-electron chi connectivity index (χ4n) is 1.88. The van der Waals surface area contributed by atoms with Crippen LogP contribution in [0.1, 0.15) is 35.7 Å². The molecule has 3 nitrogen and oxygen atoms in total. The molecule has 0 aliphatic heterocycles. The Morgan fingerprint density at radius 1 is 1.44 bits per heavy atom. The van der Waals surface area contributed by atoms with Crippen molar-refractivity contribution in [1.82, 2.24) is 4.98 Å². The molecule has 84 valence electrons. The molecule has 0 radical (unpaired) electrons. The number of carbonyl (C=O) groups is 1. The summed E-state index contributed by atoms with van der Waals surface area (Å²) in [5.41, 5.74) is 2.40. The van der Waals surface area contributed by atoms with E-state index in [-0.39, 0.29) is 0 Å². The van der Waals surface area contributed by atoms with Gasteiger partial charge in [0.05, 0.1) is 10.2 Å². The molecule has 0 saturated carbocycles. The summed E-state index contributed by atoms with van der Waals surface area (Å²) >= 11 is 3.47. The predicted octanol–water partition coefficient (Wildman–Crippen LogP) is 3.75. The maximum absolute atomic E-state index is 10.9. The van der Waals surface area contributed by atoms with Crippen molar-refractivity contribution in [2.45, 2.75) is 19.8 Å². The number of carboxylic acids is 1. The van der Waals surface area contributed by atoms with Gasteiger partial charge in [0.2, 0.25) is 0 Å². The Morgan fingerprint density at radius 3 is 2.69 bits per heavy atom. The lowest BCUT2D eigenvalue weighted by molar-refractivity contribution is 0.0697. The molecule has 0 saturated heterocycles. The molecular weight excluding hydrogens is 270 g/mol. The van der Waals surface area contributed by atoms with Crippen molar-refractivity contribution in [2.24, 2.45) is 0 Å². The van der Waals surface area contributed by atoms with Crippen LogP contribution in [0, 0.1) is 0 Å². The normalized spacial score (nSPS) is 11.2. The summed E-state index contributed by atoms with van der Waals surface area (Å²) in [6.07, 6.45) is 0. The zero-order valence-electron chi connectivity index (χ0n) is 9.04. The lowest BCUT2D eigenvalue weighted by Gasteiger charge is -2.04. The smallest absolute Gasteiger partial charge is 0.335 e. The van der Waals surface area contributed by atoms with Gasteiger partial charge < -0.3 is 10.1 Å². The summed E-state index contributed by atoms with van der Waals surface area (Å²) in [4.78, 5) is 14.1. The molecular formula is C12H12BrNO2. The van der Waals surface area contributed by atoms with Gasteiger partial charge in [-0.05, 0) is 45.6 Å². The number of aromatic carboxylic acids is 1. The monoisotopic (exact) mass is 281 g/mol. The number of aromatic amines is 1. The second-order valence-electron chi connectivity index (χ2n) is 4.07. The summed E-state index contributed by atoms with van der Waals surface area (Å²) in [5.74, 6) is -0.555. The molecule has 0 bridgehead atoms. The number of halogens is 1. The highest BCUT2D eigenvalue weighted by Crippen LogP contribution is 2.32. The van der Waals surface area contributed by atoms with Crippen LogP contribution in [0.15, 0.2) is 22.8 Å². The average Bonchev–Trinajstić information content (AvgIpc) is 2.51. The van der Waals surface area contributed by atoms with Crippen LogP contribution >= 0.6 is 15.9 Å². The Bertz CT molecular complexity index is 557. The van der Waals surface area contributed by atoms with Gasteiger partial charge in [-0.25, -0.2) is 4.79 Å². The Hall–Kier alpha value is -1.29. The molecule has 2 aromatic rings. The van der Waals surface area contributed by atoms with E-state index in [1.54, 1.807) is 18.2 Å². The van der Waals surface area contributed by atoms with Crippen LogP contribution < -0.4 is 0 Å². The van der Waals surface area contributed by atoms with Crippen molar-refractivity contribution >= 4 is 32.8 Å². The third kappa shape index (κ3) is 1.73. The highest BCUT2D eigenvalue weighted by molar-refractivity contribution is 9.10. The van der Waals surface area contributed by atoms with Gasteiger partial charge in [-0.15, -0.1) is 0 Å². The zero-order valence-corrected chi connectivity index (χ0v) is 10.6. The van der Waals surface area contributed by atoms with Crippen LogP contribution in [0.4, 0.5) is 0 Å². The van der Waals surface area contributed by atoms with E-state index in [2.05, 4.69) is 34.8 Å². The molecule has 0 aliphatic rings. The summed E-state index contributed by atoms with van der Waals surface area (Å²) < 4.78 is 0.931. The number of carboxylic acid groups (broad SMARTS) is 1. The third-order valence-corrected chi connectivity index (χ3v) is 3.24. The number of benzene rings is 1. The summed E-state index contributed by atoms with van der Waals surface area (Å²) in [6, 6.07) is 5.13.